The standard InChI is InChI=1S/C11H17N3/c1-3-10-13-9-7-5-4-6-8(9)11(12-2)14-10/h3-7H2,1-2H3,(H,12,13,14). The summed E-state index contributed by atoms with van der Waals surface area (Å²) in [6.07, 6.45) is 5.73. The summed E-state index contributed by atoms with van der Waals surface area (Å²) >= 11 is 0. The van der Waals surface area contributed by atoms with Crippen LogP contribution in [0.3, 0.4) is 0 Å². The van der Waals surface area contributed by atoms with Gasteiger partial charge in [-0.05, 0) is 25.7 Å². The van der Waals surface area contributed by atoms with Gasteiger partial charge in [0.25, 0.3) is 0 Å². The number of anilines is 1. The first-order chi connectivity index (χ1) is 6.85. The second-order valence-corrected chi connectivity index (χ2v) is 3.72. The molecule has 0 aromatic carbocycles. The first-order valence-electron chi connectivity index (χ1n) is 5.41. The molecule has 3 nitrogen and oxygen atoms in total. The number of nitrogens with one attached hydrogen (secondary N) is 1. The molecule has 0 radical (unpaired) electrons. The van der Waals surface area contributed by atoms with Crippen LogP contribution in [0, 0.1) is 0 Å². The number of aromatic nitrogens is 2. The SMILES string of the molecule is CCc1nc2c(c(NC)n1)CCCC2. The third-order valence-electron chi connectivity index (χ3n) is 2.78. The molecule has 0 amide bonds. The van der Waals surface area contributed by atoms with Crippen molar-refractivity contribution < 1.29 is 0 Å². The van der Waals surface area contributed by atoms with Crippen molar-refractivity contribution in [3.05, 3.63) is 17.1 Å². The van der Waals surface area contributed by atoms with Crippen molar-refractivity contribution in [1.29, 1.82) is 0 Å². The molecule has 1 aliphatic rings. The molecule has 0 fully saturated rings. The summed E-state index contributed by atoms with van der Waals surface area (Å²) in [5.41, 5.74) is 2.61. The molecule has 0 atom stereocenters. The predicted molar refractivity (Wildman–Crippen MR) is 57.6 cm³/mol. The van der Waals surface area contributed by atoms with Gasteiger partial charge in [0.1, 0.15) is 11.6 Å². The Labute approximate surface area is 85.0 Å². The van der Waals surface area contributed by atoms with Gasteiger partial charge in [-0.2, -0.15) is 0 Å². The van der Waals surface area contributed by atoms with E-state index < -0.39 is 0 Å². The molecule has 14 heavy (non-hydrogen) atoms. The maximum atomic E-state index is 4.59. The lowest BCUT2D eigenvalue weighted by atomic mass is 9.96. The van der Waals surface area contributed by atoms with Crippen LogP contribution in [0.5, 0.6) is 0 Å². The van der Waals surface area contributed by atoms with Gasteiger partial charge in [0.15, 0.2) is 0 Å². The van der Waals surface area contributed by atoms with Gasteiger partial charge in [-0.25, -0.2) is 9.97 Å². The molecule has 1 aromatic rings. The quantitative estimate of drug-likeness (QED) is 0.776. The van der Waals surface area contributed by atoms with E-state index in [0.717, 1.165) is 30.9 Å². The van der Waals surface area contributed by atoms with Crippen molar-refractivity contribution in [2.45, 2.75) is 39.0 Å². The molecule has 0 aliphatic heterocycles. The number of rotatable bonds is 2. The van der Waals surface area contributed by atoms with Crippen LogP contribution in [-0.2, 0) is 19.3 Å². The molecule has 2 rings (SSSR count). The smallest absolute Gasteiger partial charge is 0.132 e. The van der Waals surface area contributed by atoms with E-state index in [1.807, 2.05) is 7.05 Å². The van der Waals surface area contributed by atoms with E-state index in [-0.39, 0.29) is 0 Å². The minimum Gasteiger partial charge on any atom is -0.373 e. The molecule has 1 N–H and O–H groups in total. The first kappa shape index (κ1) is 9.44. The lowest BCUT2D eigenvalue weighted by molar-refractivity contribution is 0.656. The molecule has 0 saturated heterocycles. The third-order valence-corrected chi connectivity index (χ3v) is 2.78. The molecule has 1 aliphatic carbocycles. The molecule has 0 bridgehead atoms. The van der Waals surface area contributed by atoms with Gasteiger partial charge in [-0.15, -0.1) is 0 Å². The Bertz CT molecular complexity index is 316. The lowest BCUT2D eigenvalue weighted by Crippen LogP contribution is -2.12. The number of hydrogen-bond acceptors (Lipinski definition) is 3. The average Bonchev–Trinajstić information content (AvgIpc) is 2.27. The van der Waals surface area contributed by atoms with Crippen molar-refractivity contribution >= 4 is 5.82 Å². The normalized spacial score (nSPS) is 15.0. The Hall–Kier alpha value is -1.12. The second-order valence-electron chi connectivity index (χ2n) is 3.72. The highest BCUT2D eigenvalue weighted by Crippen LogP contribution is 2.25. The largest absolute Gasteiger partial charge is 0.373 e. The van der Waals surface area contributed by atoms with Crippen LogP contribution in [0.25, 0.3) is 0 Å². The Morgan fingerprint density at radius 3 is 2.71 bits per heavy atom. The summed E-state index contributed by atoms with van der Waals surface area (Å²) in [5, 5.41) is 3.18. The van der Waals surface area contributed by atoms with Crippen molar-refractivity contribution in [2.75, 3.05) is 12.4 Å². The van der Waals surface area contributed by atoms with Gasteiger partial charge in [0, 0.05) is 24.7 Å². The summed E-state index contributed by atoms with van der Waals surface area (Å²) in [6.45, 7) is 2.10. The van der Waals surface area contributed by atoms with Crippen LogP contribution in [0.4, 0.5) is 5.82 Å². The van der Waals surface area contributed by atoms with Gasteiger partial charge in [-0.3, -0.25) is 0 Å². The molecule has 3 heteroatoms. The van der Waals surface area contributed by atoms with Gasteiger partial charge in [0.2, 0.25) is 0 Å². The van der Waals surface area contributed by atoms with E-state index in [0.29, 0.717) is 0 Å². The summed E-state index contributed by atoms with van der Waals surface area (Å²) < 4.78 is 0. The highest BCUT2D eigenvalue weighted by molar-refractivity contribution is 5.47. The van der Waals surface area contributed by atoms with E-state index in [2.05, 4.69) is 22.2 Å². The van der Waals surface area contributed by atoms with E-state index in [1.165, 1.54) is 24.1 Å². The Morgan fingerprint density at radius 2 is 2.00 bits per heavy atom. The maximum absolute atomic E-state index is 4.59. The summed E-state index contributed by atoms with van der Waals surface area (Å²) in [7, 11) is 1.94. The first-order valence-corrected chi connectivity index (χ1v) is 5.41. The lowest BCUT2D eigenvalue weighted by Gasteiger charge is -2.18. The minimum atomic E-state index is 0.919. The van der Waals surface area contributed by atoms with Crippen LogP contribution in [0.15, 0.2) is 0 Å². The van der Waals surface area contributed by atoms with Gasteiger partial charge >= 0.3 is 0 Å². The number of hydrogen-bond donors (Lipinski definition) is 1. The fourth-order valence-electron chi connectivity index (χ4n) is 2.01. The van der Waals surface area contributed by atoms with Crippen molar-refractivity contribution in [3.8, 4) is 0 Å². The van der Waals surface area contributed by atoms with Crippen LogP contribution >= 0.6 is 0 Å². The maximum Gasteiger partial charge on any atom is 0.132 e. The van der Waals surface area contributed by atoms with Crippen molar-refractivity contribution in [2.24, 2.45) is 0 Å². The summed E-state index contributed by atoms with van der Waals surface area (Å²) in [5.74, 6) is 2.02. The molecule has 76 valence electrons. The van der Waals surface area contributed by atoms with E-state index in [4.69, 9.17) is 0 Å². The molecule has 1 heterocycles. The zero-order valence-electron chi connectivity index (χ0n) is 8.93. The Balaban J connectivity index is 2.47. The number of fused-ring (bicyclic) bond motifs is 1. The molecule has 0 spiro atoms. The Morgan fingerprint density at radius 1 is 1.21 bits per heavy atom. The topological polar surface area (TPSA) is 37.8 Å². The molecule has 0 unspecified atom stereocenters. The molecular weight excluding hydrogens is 174 g/mol. The zero-order valence-corrected chi connectivity index (χ0v) is 8.93. The van der Waals surface area contributed by atoms with Gasteiger partial charge in [0.05, 0.1) is 0 Å². The predicted octanol–water partition coefficient (Wildman–Crippen LogP) is 1.96. The second kappa shape index (κ2) is 3.95. The molecular formula is C11H17N3. The van der Waals surface area contributed by atoms with Crippen LogP contribution in [-0.4, -0.2) is 17.0 Å². The monoisotopic (exact) mass is 191 g/mol. The molecule has 1 aromatic heterocycles. The van der Waals surface area contributed by atoms with Crippen LogP contribution in [0.1, 0.15) is 36.8 Å². The minimum absolute atomic E-state index is 0.919. The van der Waals surface area contributed by atoms with E-state index in [9.17, 15) is 0 Å². The third kappa shape index (κ3) is 1.59. The Kier molecular flexibility index (Phi) is 2.66. The van der Waals surface area contributed by atoms with Crippen molar-refractivity contribution in [3.63, 3.8) is 0 Å². The van der Waals surface area contributed by atoms with Gasteiger partial charge < -0.3 is 5.32 Å². The van der Waals surface area contributed by atoms with Gasteiger partial charge in [-0.1, -0.05) is 6.92 Å². The van der Waals surface area contributed by atoms with Crippen LogP contribution < -0.4 is 5.32 Å². The highest BCUT2D eigenvalue weighted by atomic mass is 15.0. The summed E-state index contributed by atoms with van der Waals surface area (Å²) in [6, 6.07) is 0. The number of nitrogens with zero attached hydrogens (tertiary/aromatic N) is 2. The fourth-order valence-corrected chi connectivity index (χ4v) is 2.01. The number of aryl methyl sites for hydroxylation is 2. The van der Waals surface area contributed by atoms with E-state index in [1.54, 1.807) is 0 Å². The summed E-state index contributed by atoms with van der Waals surface area (Å²) in [4.78, 5) is 9.09. The van der Waals surface area contributed by atoms with E-state index >= 15 is 0 Å². The van der Waals surface area contributed by atoms with Crippen LogP contribution in [0.2, 0.25) is 0 Å². The average molecular weight is 191 g/mol. The van der Waals surface area contributed by atoms with Crippen molar-refractivity contribution in [1.82, 2.24) is 9.97 Å². The fraction of sp³-hybridized carbons (Fsp3) is 0.636. The zero-order chi connectivity index (χ0) is 9.97. The highest BCUT2D eigenvalue weighted by Gasteiger charge is 2.16. The molecule has 0 saturated carbocycles.